The van der Waals surface area contributed by atoms with Crippen LogP contribution in [0.25, 0.3) is 22.3 Å². The van der Waals surface area contributed by atoms with Gasteiger partial charge < -0.3 is 5.32 Å². The van der Waals surface area contributed by atoms with Crippen molar-refractivity contribution in [2.75, 3.05) is 0 Å². The Bertz CT molecular complexity index is 1110. The van der Waals surface area contributed by atoms with Crippen LogP contribution in [0.3, 0.4) is 0 Å². The number of benzene rings is 1. The predicted octanol–water partition coefficient (Wildman–Crippen LogP) is 4.77. The van der Waals surface area contributed by atoms with Gasteiger partial charge in [0.1, 0.15) is 5.82 Å². The lowest BCUT2D eigenvalue weighted by Crippen LogP contribution is -2.20. The van der Waals surface area contributed by atoms with Crippen molar-refractivity contribution in [3.63, 3.8) is 0 Å². The molecule has 6 nitrogen and oxygen atoms in total. The zero-order valence-electron chi connectivity index (χ0n) is 16.4. The molecule has 7 heteroatoms. The number of halogens is 1. The molecule has 0 aliphatic rings. The van der Waals surface area contributed by atoms with Crippen LogP contribution in [0.1, 0.15) is 44.0 Å². The summed E-state index contributed by atoms with van der Waals surface area (Å²) in [6.45, 7) is 4.24. The molecule has 1 atom stereocenters. The van der Waals surface area contributed by atoms with E-state index in [4.69, 9.17) is 0 Å². The van der Waals surface area contributed by atoms with Gasteiger partial charge in [-0.15, -0.1) is 0 Å². The highest BCUT2D eigenvalue weighted by Gasteiger charge is 2.16. The SMILES string of the molecule is CCC=C(NC(CC)c1ccn[nH]1)c1cncc2c1cnn2-c1ccc(F)cc1. The zero-order chi connectivity index (χ0) is 20.2. The van der Waals surface area contributed by atoms with E-state index in [1.165, 1.54) is 12.1 Å². The van der Waals surface area contributed by atoms with Crippen LogP contribution in [0.15, 0.2) is 61.2 Å². The third-order valence-electron chi connectivity index (χ3n) is 4.90. The maximum absolute atomic E-state index is 13.3. The summed E-state index contributed by atoms with van der Waals surface area (Å²) in [5.41, 5.74) is 4.68. The first-order chi connectivity index (χ1) is 14.2. The van der Waals surface area contributed by atoms with Gasteiger partial charge in [0.25, 0.3) is 0 Å². The summed E-state index contributed by atoms with van der Waals surface area (Å²) in [5.74, 6) is -0.272. The Hall–Kier alpha value is -3.48. The molecule has 4 rings (SSSR count). The van der Waals surface area contributed by atoms with Crippen molar-refractivity contribution in [2.24, 2.45) is 0 Å². The number of pyridine rings is 1. The minimum absolute atomic E-state index is 0.109. The average molecular weight is 390 g/mol. The van der Waals surface area contributed by atoms with Crippen molar-refractivity contribution in [3.05, 3.63) is 78.3 Å². The van der Waals surface area contributed by atoms with Crippen LogP contribution in [0, 0.1) is 5.82 Å². The van der Waals surface area contributed by atoms with Gasteiger partial charge in [0, 0.05) is 29.0 Å². The molecule has 3 aromatic heterocycles. The molecule has 1 aromatic carbocycles. The van der Waals surface area contributed by atoms with Crippen LogP contribution < -0.4 is 5.32 Å². The van der Waals surface area contributed by atoms with Gasteiger partial charge in [-0.2, -0.15) is 10.2 Å². The van der Waals surface area contributed by atoms with Crippen molar-refractivity contribution in [1.29, 1.82) is 0 Å². The molecule has 0 saturated carbocycles. The number of fused-ring (bicyclic) bond motifs is 1. The molecule has 0 fully saturated rings. The smallest absolute Gasteiger partial charge is 0.123 e. The van der Waals surface area contributed by atoms with Crippen molar-refractivity contribution in [2.45, 2.75) is 32.7 Å². The van der Waals surface area contributed by atoms with Crippen LogP contribution in [-0.2, 0) is 0 Å². The molecular formula is C22H23FN6. The van der Waals surface area contributed by atoms with Crippen molar-refractivity contribution in [3.8, 4) is 5.69 Å². The fraction of sp³-hybridized carbons (Fsp3) is 0.227. The third kappa shape index (κ3) is 3.76. The summed E-state index contributed by atoms with van der Waals surface area (Å²) in [7, 11) is 0. The van der Waals surface area contributed by atoms with E-state index in [-0.39, 0.29) is 11.9 Å². The lowest BCUT2D eigenvalue weighted by molar-refractivity contribution is 0.593. The van der Waals surface area contributed by atoms with Crippen LogP contribution >= 0.6 is 0 Å². The molecule has 2 N–H and O–H groups in total. The molecule has 0 spiro atoms. The van der Waals surface area contributed by atoms with Crippen LogP contribution in [0.4, 0.5) is 4.39 Å². The van der Waals surface area contributed by atoms with Crippen LogP contribution in [0.5, 0.6) is 0 Å². The number of nitrogens with zero attached hydrogens (tertiary/aromatic N) is 4. The minimum Gasteiger partial charge on any atom is -0.376 e. The first kappa shape index (κ1) is 18.9. The Labute approximate surface area is 168 Å². The Morgan fingerprint density at radius 1 is 1.17 bits per heavy atom. The number of rotatable bonds is 7. The van der Waals surface area contributed by atoms with Crippen LogP contribution in [0.2, 0.25) is 0 Å². The standard InChI is InChI=1S/C22H23FN6/c1-3-5-20(27-19(4-2)21-10-11-25-28-21)17-12-24-14-22-18(17)13-26-29(22)16-8-6-15(23)7-9-16/h5-14,19,27H,3-4H2,1-2H3,(H,25,28). The van der Waals surface area contributed by atoms with E-state index in [1.807, 2.05) is 18.5 Å². The highest BCUT2D eigenvalue weighted by molar-refractivity contribution is 5.91. The Morgan fingerprint density at radius 2 is 2.00 bits per heavy atom. The normalized spacial score (nSPS) is 13.0. The monoisotopic (exact) mass is 390 g/mol. The molecular weight excluding hydrogens is 367 g/mol. The number of H-pyrrole nitrogens is 1. The maximum atomic E-state index is 13.3. The number of hydrogen-bond acceptors (Lipinski definition) is 4. The van der Waals surface area contributed by atoms with Gasteiger partial charge in [0.05, 0.1) is 35.3 Å². The summed E-state index contributed by atoms with van der Waals surface area (Å²) < 4.78 is 15.1. The number of allylic oxidation sites excluding steroid dienone is 1. The lowest BCUT2D eigenvalue weighted by Gasteiger charge is -2.20. The number of hydrogen-bond donors (Lipinski definition) is 2. The second-order valence-electron chi connectivity index (χ2n) is 6.80. The summed E-state index contributed by atoms with van der Waals surface area (Å²) in [5, 5.41) is 16.3. The van der Waals surface area contributed by atoms with E-state index in [0.29, 0.717) is 0 Å². The van der Waals surface area contributed by atoms with Gasteiger partial charge >= 0.3 is 0 Å². The van der Waals surface area contributed by atoms with Crippen molar-refractivity contribution >= 4 is 16.6 Å². The first-order valence-corrected chi connectivity index (χ1v) is 9.75. The first-order valence-electron chi connectivity index (χ1n) is 9.75. The molecule has 3 heterocycles. The van der Waals surface area contributed by atoms with E-state index in [2.05, 4.69) is 45.5 Å². The van der Waals surface area contributed by atoms with Crippen molar-refractivity contribution < 1.29 is 4.39 Å². The largest absolute Gasteiger partial charge is 0.376 e. The van der Waals surface area contributed by atoms with Gasteiger partial charge in [-0.25, -0.2) is 9.07 Å². The third-order valence-corrected chi connectivity index (χ3v) is 4.90. The fourth-order valence-electron chi connectivity index (χ4n) is 3.44. The quantitative estimate of drug-likeness (QED) is 0.477. The molecule has 1 unspecified atom stereocenters. The molecule has 29 heavy (non-hydrogen) atoms. The van der Waals surface area contributed by atoms with Crippen molar-refractivity contribution in [1.82, 2.24) is 30.3 Å². The Balaban J connectivity index is 1.75. The van der Waals surface area contributed by atoms with Gasteiger partial charge in [-0.05, 0) is 43.2 Å². The molecule has 0 amide bonds. The molecule has 0 aliphatic carbocycles. The van der Waals surface area contributed by atoms with E-state index in [9.17, 15) is 4.39 Å². The summed E-state index contributed by atoms with van der Waals surface area (Å²) in [6.07, 6.45) is 11.2. The zero-order valence-corrected chi connectivity index (χ0v) is 16.4. The van der Waals surface area contributed by atoms with E-state index < -0.39 is 0 Å². The van der Waals surface area contributed by atoms with Gasteiger partial charge in [0.2, 0.25) is 0 Å². The number of nitrogens with one attached hydrogen (secondary N) is 2. The molecule has 0 saturated heterocycles. The summed E-state index contributed by atoms with van der Waals surface area (Å²) in [4.78, 5) is 4.45. The van der Waals surface area contributed by atoms with E-state index in [1.54, 1.807) is 29.2 Å². The summed E-state index contributed by atoms with van der Waals surface area (Å²) >= 11 is 0. The van der Waals surface area contributed by atoms with Crippen LogP contribution in [-0.4, -0.2) is 25.0 Å². The molecule has 0 radical (unpaired) electrons. The van der Waals surface area contributed by atoms with E-state index >= 15 is 0 Å². The minimum atomic E-state index is -0.272. The average Bonchev–Trinajstić information content (AvgIpc) is 3.42. The highest BCUT2D eigenvalue weighted by atomic mass is 19.1. The maximum Gasteiger partial charge on any atom is 0.123 e. The van der Waals surface area contributed by atoms with Gasteiger partial charge in [-0.3, -0.25) is 10.1 Å². The molecule has 0 aliphatic heterocycles. The summed E-state index contributed by atoms with van der Waals surface area (Å²) in [6, 6.07) is 8.37. The van der Waals surface area contributed by atoms with E-state index in [0.717, 1.165) is 46.4 Å². The number of aromatic amines is 1. The fourth-order valence-corrected chi connectivity index (χ4v) is 3.44. The second kappa shape index (κ2) is 8.26. The molecule has 0 bridgehead atoms. The Morgan fingerprint density at radius 3 is 2.69 bits per heavy atom. The second-order valence-corrected chi connectivity index (χ2v) is 6.80. The van der Waals surface area contributed by atoms with Gasteiger partial charge in [0.15, 0.2) is 0 Å². The predicted molar refractivity (Wildman–Crippen MR) is 112 cm³/mol. The van der Waals surface area contributed by atoms with Gasteiger partial charge in [-0.1, -0.05) is 19.9 Å². The Kier molecular flexibility index (Phi) is 5.37. The molecule has 4 aromatic rings. The lowest BCUT2D eigenvalue weighted by atomic mass is 10.1. The highest BCUT2D eigenvalue weighted by Crippen LogP contribution is 2.27. The topological polar surface area (TPSA) is 71.4 Å². The number of aromatic nitrogens is 5. The molecule has 148 valence electrons.